The number of anilines is 3. The predicted molar refractivity (Wildman–Crippen MR) is 98.6 cm³/mol. The van der Waals surface area contributed by atoms with Gasteiger partial charge < -0.3 is 16.0 Å². The van der Waals surface area contributed by atoms with Gasteiger partial charge in [-0.05, 0) is 42.8 Å². The van der Waals surface area contributed by atoms with Gasteiger partial charge in [0.1, 0.15) is 5.82 Å². The quantitative estimate of drug-likeness (QED) is 0.720. The number of halogens is 2. The zero-order chi connectivity index (χ0) is 18.4. The monoisotopic (exact) mass is 363 g/mol. The van der Waals surface area contributed by atoms with Crippen LogP contribution in [0.5, 0.6) is 0 Å². The summed E-state index contributed by atoms with van der Waals surface area (Å²) < 4.78 is 13.1. The fourth-order valence-electron chi connectivity index (χ4n) is 2.16. The second kappa shape index (κ2) is 8.48. The lowest BCUT2D eigenvalue weighted by Crippen LogP contribution is -2.22. The Hall–Kier alpha value is -2.60. The van der Waals surface area contributed by atoms with E-state index in [0.717, 1.165) is 11.3 Å². The Bertz CT molecular complexity index is 796. The Morgan fingerprint density at radius 2 is 1.80 bits per heavy atom. The number of amides is 2. The Labute approximate surface area is 150 Å². The molecule has 0 spiro atoms. The highest BCUT2D eigenvalue weighted by Crippen LogP contribution is 2.23. The van der Waals surface area contributed by atoms with E-state index >= 15 is 0 Å². The van der Waals surface area contributed by atoms with Crippen LogP contribution >= 0.6 is 11.6 Å². The van der Waals surface area contributed by atoms with Gasteiger partial charge in [0.15, 0.2) is 0 Å². The highest BCUT2D eigenvalue weighted by atomic mass is 35.5. The van der Waals surface area contributed by atoms with Crippen molar-refractivity contribution < 1.29 is 14.0 Å². The lowest BCUT2D eigenvalue weighted by atomic mass is 10.1. The van der Waals surface area contributed by atoms with Crippen molar-refractivity contribution >= 4 is 40.5 Å². The first kappa shape index (κ1) is 18.7. The van der Waals surface area contributed by atoms with Gasteiger partial charge >= 0.3 is 0 Å². The molecule has 2 amide bonds. The van der Waals surface area contributed by atoms with Gasteiger partial charge in [0.2, 0.25) is 11.8 Å². The van der Waals surface area contributed by atoms with Crippen molar-refractivity contribution in [2.45, 2.75) is 20.3 Å². The minimum Gasteiger partial charge on any atom is -0.376 e. The van der Waals surface area contributed by atoms with Crippen molar-refractivity contribution in [3.63, 3.8) is 0 Å². The Morgan fingerprint density at radius 3 is 2.48 bits per heavy atom. The molecule has 0 saturated carbocycles. The fraction of sp³-hybridized carbons (Fsp3) is 0.222. The van der Waals surface area contributed by atoms with Crippen molar-refractivity contribution in [3.05, 3.63) is 52.8 Å². The fourth-order valence-corrected chi connectivity index (χ4v) is 2.34. The van der Waals surface area contributed by atoms with Crippen LogP contribution in [-0.2, 0) is 9.59 Å². The smallest absolute Gasteiger partial charge is 0.243 e. The molecule has 0 aliphatic carbocycles. The number of hydrogen-bond acceptors (Lipinski definition) is 3. The van der Waals surface area contributed by atoms with Crippen LogP contribution in [0.1, 0.15) is 18.9 Å². The lowest BCUT2D eigenvalue weighted by Gasteiger charge is -2.14. The molecule has 0 unspecified atom stereocenters. The summed E-state index contributed by atoms with van der Waals surface area (Å²) in [5.74, 6) is -0.921. The molecule has 5 nitrogen and oxygen atoms in total. The summed E-state index contributed by atoms with van der Waals surface area (Å²) in [5.41, 5.74) is 2.68. The minimum atomic E-state index is -0.542. The number of carbonyl (C=O) groups is 2. The lowest BCUT2D eigenvalue weighted by molar-refractivity contribution is -0.116. The van der Waals surface area contributed by atoms with Crippen molar-refractivity contribution in [3.8, 4) is 0 Å². The summed E-state index contributed by atoms with van der Waals surface area (Å²) >= 11 is 5.69. The molecule has 2 aromatic carbocycles. The normalized spacial score (nSPS) is 10.2. The molecule has 2 aromatic rings. The van der Waals surface area contributed by atoms with E-state index in [1.54, 1.807) is 19.1 Å². The van der Waals surface area contributed by atoms with Gasteiger partial charge in [-0.2, -0.15) is 0 Å². The molecule has 3 N–H and O–H groups in total. The average molecular weight is 364 g/mol. The van der Waals surface area contributed by atoms with Crippen LogP contribution in [0.25, 0.3) is 0 Å². The van der Waals surface area contributed by atoms with E-state index < -0.39 is 5.82 Å². The molecule has 0 fully saturated rings. The van der Waals surface area contributed by atoms with Gasteiger partial charge in [0.25, 0.3) is 0 Å². The Balaban J connectivity index is 1.98. The maximum Gasteiger partial charge on any atom is 0.243 e. The first-order chi connectivity index (χ1) is 11.9. The van der Waals surface area contributed by atoms with E-state index in [-0.39, 0.29) is 23.4 Å². The standard InChI is InChI=1S/C18H19ClFN3O2/c1-3-17(24)23-16-6-4-5-15(11(16)2)21-10-18(25)22-12-7-8-14(20)13(19)9-12/h4-9,21H,3,10H2,1-2H3,(H,22,25)(H,23,24). The van der Waals surface area contributed by atoms with E-state index in [1.807, 2.05) is 13.0 Å². The van der Waals surface area contributed by atoms with E-state index in [1.165, 1.54) is 18.2 Å². The maximum absolute atomic E-state index is 13.1. The second-order valence-electron chi connectivity index (χ2n) is 5.41. The average Bonchev–Trinajstić information content (AvgIpc) is 2.58. The molecular weight excluding hydrogens is 345 g/mol. The van der Waals surface area contributed by atoms with Crippen molar-refractivity contribution in [1.82, 2.24) is 0 Å². The summed E-state index contributed by atoms with van der Waals surface area (Å²) in [6, 6.07) is 9.38. The van der Waals surface area contributed by atoms with Crippen LogP contribution in [0.2, 0.25) is 5.02 Å². The molecule has 0 aliphatic heterocycles. The zero-order valence-corrected chi connectivity index (χ0v) is 14.7. The van der Waals surface area contributed by atoms with E-state index in [0.29, 0.717) is 17.8 Å². The van der Waals surface area contributed by atoms with Crippen molar-refractivity contribution in [2.75, 3.05) is 22.5 Å². The van der Waals surface area contributed by atoms with Gasteiger partial charge in [-0.3, -0.25) is 9.59 Å². The zero-order valence-electron chi connectivity index (χ0n) is 14.0. The van der Waals surface area contributed by atoms with Gasteiger partial charge in [-0.25, -0.2) is 4.39 Å². The summed E-state index contributed by atoms with van der Waals surface area (Å²) in [4.78, 5) is 23.6. The molecule has 0 aromatic heterocycles. The minimum absolute atomic E-state index is 0.0149. The number of benzene rings is 2. The SMILES string of the molecule is CCC(=O)Nc1cccc(NCC(=O)Nc2ccc(F)c(Cl)c2)c1C. The first-order valence-electron chi connectivity index (χ1n) is 7.79. The van der Waals surface area contributed by atoms with Crippen LogP contribution in [-0.4, -0.2) is 18.4 Å². The molecule has 2 rings (SSSR count). The van der Waals surface area contributed by atoms with Gasteiger partial charge in [-0.15, -0.1) is 0 Å². The highest BCUT2D eigenvalue weighted by Gasteiger charge is 2.09. The van der Waals surface area contributed by atoms with Crippen LogP contribution in [0.15, 0.2) is 36.4 Å². The van der Waals surface area contributed by atoms with Crippen LogP contribution in [0.4, 0.5) is 21.5 Å². The number of nitrogens with one attached hydrogen (secondary N) is 3. The van der Waals surface area contributed by atoms with Crippen molar-refractivity contribution in [2.24, 2.45) is 0 Å². The van der Waals surface area contributed by atoms with Crippen LogP contribution in [0, 0.1) is 12.7 Å². The largest absolute Gasteiger partial charge is 0.376 e. The summed E-state index contributed by atoms with van der Waals surface area (Å²) in [6.45, 7) is 3.64. The molecule has 132 valence electrons. The third-order valence-electron chi connectivity index (χ3n) is 3.57. The van der Waals surface area contributed by atoms with Crippen LogP contribution < -0.4 is 16.0 Å². The van der Waals surface area contributed by atoms with E-state index in [9.17, 15) is 14.0 Å². The Kier molecular flexibility index (Phi) is 6.36. The first-order valence-corrected chi connectivity index (χ1v) is 8.16. The second-order valence-corrected chi connectivity index (χ2v) is 5.82. The molecule has 0 saturated heterocycles. The van der Waals surface area contributed by atoms with Crippen molar-refractivity contribution in [1.29, 1.82) is 0 Å². The molecule has 0 heterocycles. The molecule has 7 heteroatoms. The molecular formula is C18H19ClFN3O2. The van der Waals surface area contributed by atoms with E-state index in [2.05, 4.69) is 16.0 Å². The van der Waals surface area contributed by atoms with Gasteiger partial charge in [0.05, 0.1) is 11.6 Å². The third kappa shape index (κ3) is 5.19. The third-order valence-corrected chi connectivity index (χ3v) is 3.86. The number of hydrogen-bond donors (Lipinski definition) is 3. The predicted octanol–water partition coefficient (Wildman–Crippen LogP) is 4.19. The van der Waals surface area contributed by atoms with Gasteiger partial charge in [-0.1, -0.05) is 24.6 Å². The topological polar surface area (TPSA) is 70.2 Å². The molecule has 0 atom stereocenters. The van der Waals surface area contributed by atoms with E-state index in [4.69, 9.17) is 11.6 Å². The summed E-state index contributed by atoms with van der Waals surface area (Å²) in [7, 11) is 0. The maximum atomic E-state index is 13.1. The molecule has 0 bridgehead atoms. The van der Waals surface area contributed by atoms with Crippen LogP contribution in [0.3, 0.4) is 0 Å². The van der Waals surface area contributed by atoms with Gasteiger partial charge in [0, 0.05) is 23.5 Å². The number of rotatable bonds is 6. The molecule has 0 aliphatic rings. The number of carbonyl (C=O) groups excluding carboxylic acids is 2. The summed E-state index contributed by atoms with van der Waals surface area (Å²) in [6.07, 6.45) is 0.389. The molecule has 25 heavy (non-hydrogen) atoms. The molecule has 0 radical (unpaired) electrons. The Morgan fingerprint density at radius 1 is 1.08 bits per heavy atom. The summed E-state index contributed by atoms with van der Waals surface area (Å²) in [5, 5.41) is 8.41. The highest BCUT2D eigenvalue weighted by molar-refractivity contribution is 6.31.